The van der Waals surface area contributed by atoms with Crippen LogP contribution in [0.15, 0.2) is 75.3 Å². The van der Waals surface area contributed by atoms with Crippen molar-refractivity contribution in [2.24, 2.45) is 0 Å². The molecule has 2 aromatic heterocycles. The number of H-pyrrole nitrogens is 2. The number of sulfonamides is 1. The van der Waals surface area contributed by atoms with Crippen LogP contribution in [0.1, 0.15) is 5.56 Å². The minimum atomic E-state index is -3.90. The fourth-order valence-corrected chi connectivity index (χ4v) is 3.79. The van der Waals surface area contributed by atoms with E-state index in [1.807, 2.05) is 0 Å². The molecule has 0 fully saturated rings. The number of aromatic amines is 2. The summed E-state index contributed by atoms with van der Waals surface area (Å²) < 4.78 is 46.3. The van der Waals surface area contributed by atoms with Crippen molar-refractivity contribution < 1.29 is 17.5 Å². The number of hydrogen-bond acceptors (Lipinski definition) is 6. The van der Waals surface area contributed by atoms with Crippen molar-refractivity contribution >= 4 is 21.1 Å². The predicted molar refractivity (Wildman–Crippen MR) is 110 cm³/mol. The highest BCUT2D eigenvalue weighted by Gasteiger charge is 2.15. The number of nitrogens with zero attached hydrogens (tertiary/aromatic N) is 1. The van der Waals surface area contributed by atoms with Gasteiger partial charge in [-0.25, -0.2) is 22.5 Å². The Kier molecular flexibility index (Phi) is 5.36. The van der Waals surface area contributed by atoms with Crippen LogP contribution in [-0.2, 0) is 16.6 Å². The average molecular weight is 442 g/mol. The number of benzene rings is 2. The van der Waals surface area contributed by atoms with Crippen LogP contribution in [0.25, 0.3) is 11.0 Å². The third-order valence-electron chi connectivity index (χ3n) is 4.29. The van der Waals surface area contributed by atoms with Crippen LogP contribution in [0, 0.1) is 5.82 Å². The van der Waals surface area contributed by atoms with Gasteiger partial charge in [0.1, 0.15) is 11.6 Å². The van der Waals surface area contributed by atoms with Gasteiger partial charge in [0.2, 0.25) is 15.9 Å². The van der Waals surface area contributed by atoms with Crippen molar-refractivity contribution in [1.82, 2.24) is 19.7 Å². The zero-order chi connectivity index (χ0) is 22.0. The third-order valence-corrected chi connectivity index (χ3v) is 5.69. The number of hydrogen-bond donors (Lipinski definition) is 3. The number of rotatable bonds is 6. The van der Waals surface area contributed by atoms with E-state index in [2.05, 4.69) is 19.7 Å². The van der Waals surface area contributed by atoms with Crippen LogP contribution in [0.4, 0.5) is 4.39 Å². The molecule has 0 atom stereocenters. The molecular formula is C20H15FN4O5S. The van der Waals surface area contributed by atoms with Gasteiger partial charge in [-0.3, -0.25) is 9.59 Å². The largest absolute Gasteiger partial charge is 0.439 e. The van der Waals surface area contributed by atoms with Crippen LogP contribution in [-0.4, -0.2) is 23.4 Å². The summed E-state index contributed by atoms with van der Waals surface area (Å²) in [5.74, 6) is 0.0778. The van der Waals surface area contributed by atoms with Gasteiger partial charge >= 0.3 is 11.1 Å². The predicted octanol–water partition coefficient (Wildman–Crippen LogP) is 2.02. The zero-order valence-corrected chi connectivity index (χ0v) is 16.6. The Morgan fingerprint density at radius 1 is 0.968 bits per heavy atom. The summed E-state index contributed by atoms with van der Waals surface area (Å²) in [6, 6.07) is 12.7. The topological polar surface area (TPSA) is 134 Å². The van der Waals surface area contributed by atoms with Crippen molar-refractivity contribution in [3.05, 3.63) is 92.9 Å². The molecule has 11 heteroatoms. The van der Waals surface area contributed by atoms with E-state index in [9.17, 15) is 22.4 Å². The van der Waals surface area contributed by atoms with Gasteiger partial charge in [-0.05, 0) is 35.9 Å². The summed E-state index contributed by atoms with van der Waals surface area (Å²) in [5, 5.41) is 0. The Bertz CT molecular complexity index is 1480. The number of fused-ring (bicyclic) bond motifs is 1. The van der Waals surface area contributed by atoms with E-state index in [4.69, 9.17) is 4.74 Å². The van der Waals surface area contributed by atoms with Gasteiger partial charge in [0.05, 0.1) is 15.9 Å². The van der Waals surface area contributed by atoms with Crippen LogP contribution in [0.5, 0.6) is 11.6 Å². The molecule has 0 saturated heterocycles. The Labute approximate surface area is 174 Å². The molecule has 3 N–H and O–H groups in total. The van der Waals surface area contributed by atoms with Gasteiger partial charge in [-0.2, -0.15) is 0 Å². The average Bonchev–Trinajstić information content (AvgIpc) is 2.74. The fraction of sp³-hybridized carbons (Fsp3) is 0.0500. The van der Waals surface area contributed by atoms with Crippen molar-refractivity contribution in [1.29, 1.82) is 0 Å². The Hall–Kier alpha value is -3.83. The van der Waals surface area contributed by atoms with Crippen LogP contribution in [0.3, 0.4) is 0 Å². The summed E-state index contributed by atoms with van der Waals surface area (Å²) in [7, 11) is -3.90. The smallest absolute Gasteiger partial charge is 0.314 e. The number of nitrogens with one attached hydrogen (secondary N) is 3. The number of aromatic nitrogens is 3. The van der Waals surface area contributed by atoms with E-state index < -0.39 is 27.0 Å². The van der Waals surface area contributed by atoms with Crippen LogP contribution < -0.4 is 20.6 Å². The van der Waals surface area contributed by atoms with Gasteiger partial charge in [-0.1, -0.05) is 12.1 Å². The van der Waals surface area contributed by atoms with Gasteiger partial charge < -0.3 is 14.7 Å². The third kappa shape index (κ3) is 4.68. The molecule has 0 bridgehead atoms. The molecular weight excluding hydrogens is 427 g/mol. The summed E-state index contributed by atoms with van der Waals surface area (Å²) in [6.45, 7) is -0.0459. The van der Waals surface area contributed by atoms with Crippen molar-refractivity contribution in [2.45, 2.75) is 11.4 Å². The van der Waals surface area contributed by atoms with E-state index in [0.29, 0.717) is 11.1 Å². The van der Waals surface area contributed by atoms with Crippen molar-refractivity contribution in [2.75, 3.05) is 0 Å². The lowest BCUT2D eigenvalue weighted by atomic mass is 10.3. The normalized spacial score (nSPS) is 11.5. The second kappa shape index (κ2) is 8.13. The molecule has 0 aliphatic carbocycles. The maximum atomic E-state index is 13.2. The highest BCUT2D eigenvalue weighted by molar-refractivity contribution is 7.89. The van der Waals surface area contributed by atoms with E-state index >= 15 is 0 Å². The molecule has 0 aliphatic rings. The van der Waals surface area contributed by atoms with Gasteiger partial charge in [-0.15, -0.1) is 0 Å². The number of ether oxygens (including phenoxy) is 1. The molecule has 0 radical (unpaired) electrons. The number of pyridine rings is 1. The summed E-state index contributed by atoms with van der Waals surface area (Å²) in [6.07, 6.45) is 1.43. The highest BCUT2D eigenvalue weighted by atomic mass is 32.2. The first kappa shape index (κ1) is 20.4. The van der Waals surface area contributed by atoms with Crippen LogP contribution in [0.2, 0.25) is 0 Å². The minimum Gasteiger partial charge on any atom is -0.439 e. The van der Waals surface area contributed by atoms with Gasteiger partial charge in [0.15, 0.2) is 0 Å². The first-order valence-corrected chi connectivity index (χ1v) is 10.4. The van der Waals surface area contributed by atoms with Crippen LogP contribution >= 0.6 is 0 Å². The van der Waals surface area contributed by atoms with E-state index in [1.54, 1.807) is 12.1 Å². The van der Waals surface area contributed by atoms with Gasteiger partial charge in [0, 0.05) is 24.9 Å². The summed E-state index contributed by atoms with van der Waals surface area (Å²) >= 11 is 0. The minimum absolute atomic E-state index is 0.0459. The molecule has 31 heavy (non-hydrogen) atoms. The molecule has 158 valence electrons. The lowest BCUT2D eigenvalue weighted by Crippen LogP contribution is -2.29. The Morgan fingerprint density at radius 2 is 1.74 bits per heavy atom. The molecule has 0 saturated carbocycles. The van der Waals surface area contributed by atoms with E-state index in [1.165, 1.54) is 48.7 Å². The van der Waals surface area contributed by atoms with Crippen molar-refractivity contribution in [3.8, 4) is 11.6 Å². The standard InChI is InChI=1S/C20H15FN4O5S/c21-13-2-1-3-14(8-13)30-18-7-4-12(10-22-18)11-23-31(28,29)15-5-6-16-17(9-15)25-20(27)19(26)24-16/h1-10,23H,11H2,(H,24,26)(H,25,27). The molecule has 0 amide bonds. The fourth-order valence-electron chi connectivity index (χ4n) is 2.75. The zero-order valence-electron chi connectivity index (χ0n) is 15.8. The highest BCUT2D eigenvalue weighted by Crippen LogP contribution is 2.20. The molecule has 0 spiro atoms. The molecule has 0 unspecified atom stereocenters. The SMILES string of the molecule is O=c1[nH]c2ccc(S(=O)(=O)NCc3ccc(Oc4cccc(F)c4)nc3)cc2[nH]c1=O. The maximum Gasteiger partial charge on any atom is 0.314 e. The Balaban J connectivity index is 1.46. The first-order valence-electron chi connectivity index (χ1n) is 8.94. The van der Waals surface area contributed by atoms with E-state index in [0.717, 1.165) is 0 Å². The maximum absolute atomic E-state index is 13.2. The second-order valence-corrected chi connectivity index (χ2v) is 8.27. The molecule has 4 aromatic rings. The Morgan fingerprint density at radius 3 is 2.45 bits per heavy atom. The van der Waals surface area contributed by atoms with E-state index in [-0.39, 0.29) is 28.6 Å². The second-order valence-electron chi connectivity index (χ2n) is 6.50. The summed E-state index contributed by atoms with van der Waals surface area (Å²) in [5.41, 5.74) is -0.636. The first-order chi connectivity index (χ1) is 14.8. The lowest BCUT2D eigenvalue weighted by molar-refractivity contribution is 0.457. The lowest BCUT2D eigenvalue weighted by Gasteiger charge is -2.09. The molecule has 0 aliphatic heterocycles. The number of halogens is 1. The monoisotopic (exact) mass is 442 g/mol. The molecule has 4 rings (SSSR count). The quantitative estimate of drug-likeness (QED) is 0.391. The summed E-state index contributed by atoms with van der Waals surface area (Å²) in [4.78, 5) is 31.5. The van der Waals surface area contributed by atoms with Gasteiger partial charge in [0.25, 0.3) is 0 Å². The molecule has 2 heterocycles. The molecule has 9 nitrogen and oxygen atoms in total. The van der Waals surface area contributed by atoms with Crippen molar-refractivity contribution in [3.63, 3.8) is 0 Å². The molecule has 2 aromatic carbocycles.